The monoisotopic (exact) mass is 376 g/mol. The van der Waals surface area contributed by atoms with Crippen molar-refractivity contribution in [2.45, 2.75) is 50.2 Å². The van der Waals surface area contributed by atoms with Gasteiger partial charge >= 0.3 is 17.9 Å². The minimum Gasteiger partial charge on any atom is -0.481 e. The van der Waals surface area contributed by atoms with Gasteiger partial charge in [0.15, 0.2) is 0 Å². The molecule has 0 saturated heterocycles. The smallest absolute Gasteiger partial charge is 0.326 e. The maximum atomic E-state index is 12.2. The number of hydrogen-bond acceptors (Lipinski definition) is 7. The first kappa shape index (κ1) is 23.3. The molecule has 0 aliphatic carbocycles. The standard InChI is InChI=1S/C14H24N4O8/c15-4-2-1-3-8(14(25)26)17-13(24)9(6-11(21)22)18-12(23)7(16)5-10(19)20/h7-9H,1-6,15-16H2,(H,17,24)(H,18,23)(H,19,20)(H,21,22)(H,25,26)/t7-,8-,9-/m0/s1. The second kappa shape index (κ2) is 11.8. The SMILES string of the molecule is NCCCC[C@H](NC(=O)[C@H](CC(=O)O)NC(=O)[C@@H](N)CC(=O)O)C(=O)O. The van der Waals surface area contributed by atoms with Crippen LogP contribution in [0, 0.1) is 0 Å². The predicted octanol–water partition coefficient (Wildman–Crippen LogP) is -2.55. The van der Waals surface area contributed by atoms with Crippen molar-refractivity contribution in [3.8, 4) is 0 Å². The van der Waals surface area contributed by atoms with Crippen molar-refractivity contribution in [2.75, 3.05) is 6.54 Å². The van der Waals surface area contributed by atoms with Crippen LogP contribution in [-0.4, -0.2) is 69.7 Å². The van der Waals surface area contributed by atoms with Crippen LogP contribution in [0.5, 0.6) is 0 Å². The fraction of sp³-hybridized carbons (Fsp3) is 0.643. The Labute approximate surface area is 148 Å². The Hall–Kier alpha value is -2.73. The normalized spacial score (nSPS) is 13.9. The summed E-state index contributed by atoms with van der Waals surface area (Å²) in [6.07, 6.45) is -0.507. The summed E-state index contributed by atoms with van der Waals surface area (Å²) in [5.41, 5.74) is 10.7. The summed E-state index contributed by atoms with van der Waals surface area (Å²) in [5.74, 6) is -6.16. The topological polar surface area (TPSA) is 222 Å². The molecule has 0 aromatic heterocycles. The van der Waals surface area contributed by atoms with E-state index in [4.69, 9.17) is 26.8 Å². The second-order valence-corrected chi connectivity index (χ2v) is 5.55. The number of nitrogens with two attached hydrogens (primary N) is 2. The summed E-state index contributed by atoms with van der Waals surface area (Å²) in [6.45, 7) is 0.347. The number of carboxylic acids is 3. The van der Waals surface area contributed by atoms with Gasteiger partial charge in [-0.2, -0.15) is 0 Å². The van der Waals surface area contributed by atoms with E-state index in [2.05, 4.69) is 5.32 Å². The average molecular weight is 376 g/mol. The number of hydrogen-bond donors (Lipinski definition) is 7. The lowest BCUT2D eigenvalue weighted by molar-refractivity contribution is -0.144. The van der Waals surface area contributed by atoms with Gasteiger partial charge in [0.2, 0.25) is 11.8 Å². The van der Waals surface area contributed by atoms with Crippen molar-refractivity contribution in [2.24, 2.45) is 11.5 Å². The van der Waals surface area contributed by atoms with E-state index in [9.17, 15) is 24.0 Å². The van der Waals surface area contributed by atoms with E-state index in [0.29, 0.717) is 19.4 Å². The maximum Gasteiger partial charge on any atom is 0.326 e. The van der Waals surface area contributed by atoms with E-state index < -0.39 is 60.7 Å². The number of rotatable bonds is 13. The van der Waals surface area contributed by atoms with Crippen molar-refractivity contribution in [1.82, 2.24) is 10.6 Å². The van der Waals surface area contributed by atoms with Crippen LogP contribution in [0.2, 0.25) is 0 Å². The van der Waals surface area contributed by atoms with Gasteiger partial charge in [0.1, 0.15) is 12.1 Å². The number of carbonyl (C=O) groups is 5. The summed E-state index contributed by atoms with van der Waals surface area (Å²) in [7, 11) is 0. The molecular formula is C14H24N4O8. The number of carboxylic acid groups (broad SMARTS) is 3. The zero-order valence-electron chi connectivity index (χ0n) is 14.0. The van der Waals surface area contributed by atoms with Gasteiger partial charge in [-0.1, -0.05) is 0 Å². The molecule has 0 aromatic rings. The third-order valence-corrected chi connectivity index (χ3v) is 3.30. The van der Waals surface area contributed by atoms with Crippen LogP contribution in [0.4, 0.5) is 0 Å². The molecule has 0 saturated carbocycles. The molecule has 0 bridgehead atoms. The summed E-state index contributed by atoms with van der Waals surface area (Å²) in [5, 5.41) is 30.8. The fourth-order valence-corrected chi connectivity index (χ4v) is 1.97. The molecule has 0 unspecified atom stereocenters. The number of nitrogens with one attached hydrogen (secondary N) is 2. The Kier molecular flexibility index (Phi) is 10.5. The van der Waals surface area contributed by atoms with Crippen LogP contribution in [-0.2, 0) is 24.0 Å². The highest BCUT2D eigenvalue weighted by Gasteiger charge is 2.29. The van der Waals surface area contributed by atoms with Crippen LogP contribution in [0.3, 0.4) is 0 Å². The van der Waals surface area contributed by atoms with Gasteiger partial charge in [0.05, 0.1) is 18.9 Å². The van der Waals surface area contributed by atoms with Gasteiger partial charge in [0.25, 0.3) is 0 Å². The molecule has 0 aromatic carbocycles. The van der Waals surface area contributed by atoms with Crippen molar-refractivity contribution in [3.05, 3.63) is 0 Å². The third-order valence-electron chi connectivity index (χ3n) is 3.30. The molecule has 3 atom stereocenters. The van der Waals surface area contributed by atoms with Gasteiger partial charge in [-0.05, 0) is 25.8 Å². The first-order valence-corrected chi connectivity index (χ1v) is 7.81. The fourth-order valence-electron chi connectivity index (χ4n) is 1.97. The molecule has 0 heterocycles. The Bertz CT molecular complexity index is 539. The number of unbranched alkanes of at least 4 members (excludes halogenated alkanes) is 1. The Morgan fingerprint density at radius 1 is 0.808 bits per heavy atom. The van der Waals surface area contributed by atoms with E-state index >= 15 is 0 Å². The van der Waals surface area contributed by atoms with Gasteiger partial charge in [-0.3, -0.25) is 19.2 Å². The zero-order valence-corrected chi connectivity index (χ0v) is 14.0. The molecule has 0 aliphatic rings. The number of carbonyl (C=O) groups excluding carboxylic acids is 2. The molecule has 26 heavy (non-hydrogen) atoms. The van der Waals surface area contributed by atoms with Crippen LogP contribution < -0.4 is 22.1 Å². The molecule has 0 spiro atoms. The van der Waals surface area contributed by atoms with E-state index in [1.54, 1.807) is 0 Å². The highest BCUT2D eigenvalue weighted by molar-refractivity contribution is 5.94. The Morgan fingerprint density at radius 2 is 1.35 bits per heavy atom. The second-order valence-electron chi connectivity index (χ2n) is 5.55. The molecular weight excluding hydrogens is 352 g/mol. The van der Waals surface area contributed by atoms with Gasteiger partial charge in [-0.15, -0.1) is 0 Å². The molecule has 12 heteroatoms. The van der Waals surface area contributed by atoms with Crippen LogP contribution in [0.1, 0.15) is 32.1 Å². The first-order chi connectivity index (χ1) is 12.1. The summed E-state index contributed by atoms with van der Waals surface area (Å²) in [6, 6.07) is -4.37. The van der Waals surface area contributed by atoms with E-state index in [1.807, 2.05) is 5.32 Å². The molecule has 12 nitrogen and oxygen atoms in total. The molecule has 148 valence electrons. The van der Waals surface area contributed by atoms with Gasteiger partial charge in [-0.25, -0.2) is 4.79 Å². The Balaban J connectivity index is 5.00. The molecule has 0 fully saturated rings. The molecule has 0 aliphatic heterocycles. The lowest BCUT2D eigenvalue weighted by Gasteiger charge is -2.21. The van der Waals surface area contributed by atoms with Crippen LogP contribution in [0.15, 0.2) is 0 Å². The molecule has 0 rings (SSSR count). The third kappa shape index (κ3) is 9.54. The zero-order chi connectivity index (χ0) is 20.3. The van der Waals surface area contributed by atoms with E-state index in [-0.39, 0.29) is 6.42 Å². The van der Waals surface area contributed by atoms with Crippen LogP contribution >= 0.6 is 0 Å². The van der Waals surface area contributed by atoms with Gasteiger partial charge in [0, 0.05) is 0 Å². The lowest BCUT2D eigenvalue weighted by atomic mass is 10.1. The molecule has 2 amide bonds. The summed E-state index contributed by atoms with van der Waals surface area (Å²) >= 11 is 0. The van der Waals surface area contributed by atoms with Crippen molar-refractivity contribution in [3.63, 3.8) is 0 Å². The molecule has 0 radical (unpaired) electrons. The summed E-state index contributed by atoms with van der Waals surface area (Å²) in [4.78, 5) is 56.6. The van der Waals surface area contributed by atoms with E-state index in [1.165, 1.54) is 0 Å². The van der Waals surface area contributed by atoms with Crippen LogP contribution in [0.25, 0.3) is 0 Å². The Morgan fingerprint density at radius 3 is 1.81 bits per heavy atom. The maximum absolute atomic E-state index is 12.2. The highest BCUT2D eigenvalue weighted by atomic mass is 16.4. The van der Waals surface area contributed by atoms with Crippen molar-refractivity contribution < 1.29 is 39.3 Å². The minimum absolute atomic E-state index is 0.0739. The first-order valence-electron chi connectivity index (χ1n) is 7.81. The largest absolute Gasteiger partial charge is 0.481 e. The molecule has 9 N–H and O–H groups in total. The minimum atomic E-state index is -1.60. The summed E-state index contributed by atoms with van der Waals surface area (Å²) < 4.78 is 0. The lowest BCUT2D eigenvalue weighted by Crippen LogP contribution is -2.55. The predicted molar refractivity (Wildman–Crippen MR) is 86.9 cm³/mol. The quantitative estimate of drug-likeness (QED) is 0.167. The highest BCUT2D eigenvalue weighted by Crippen LogP contribution is 2.03. The average Bonchev–Trinajstić information content (AvgIpc) is 2.51. The number of aliphatic carboxylic acids is 3. The number of amides is 2. The van der Waals surface area contributed by atoms with E-state index in [0.717, 1.165) is 0 Å². The van der Waals surface area contributed by atoms with Crippen molar-refractivity contribution in [1.29, 1.82) is 0 Å². The van der Waals surface area contributed by atoms with Crippen molar-refractivity contribution >= 4 is 29.7 Å². The van der Waals surface area contributed by atoms with Gasteiger partial charge < -0.3 is 37.4 Å².